The lowest BCUT2D eigenvalue weighted by molar-refractivity contribution is 0.102. The van der Waals surface area contributed by atoms with Crippen LogP contribution in [-0.4, -0.2) is 94.5 Å². The second kappa shape index (κ2) is 19.6. The van der Waals surface area contributed by atoms with E-state index in [4.69, 9.17) is 33.2 Å². The molecule has 14 heteroatoms. The Labute approximate surface area is 385 Å². The highest BCUT2D eigenvalue weighted by Gasteiger charge is 2.35. The number of hydrogen-bond donors (Lipinski definition) is 2. The number of aromatic nitrogens is 2. The van der Waals surface area contributed by atoms with Crippen molar-refractivity contribution in [2.75, 3.05) is 79.4 Å². The SMILES string of the molecule is COc1cccc(NC(=O)c2cnc(NCCCOc3ccc4cc3Oc3ccc(cc3)C[C@H]3c5cc(c(OC)cc5CCN3C)Oc3c(OC)c(OC)cc5c3[C@@H](C4)N(C)CC5)cn2)c1. The van der Waals surface area contributed by atoms with Gasteiger partial charge in [-0.2, -0.15) is 0 Å². The van der Waals surface area contributed by atoms with Gasteiger partial charge in [-0.1, -0.05) is 24.3 Å². The van der Waals surface area contributed by atoms with Crippen LogP contribution in [0.15, 0.2) is 97.3 Å². The van der Waals surface area contributed by atoms with Gasteiger partial charge in [0.05, 0.1) is 47.4 Å². The molecule has 4 aliphatic rings. The number of nitrogens with one attached hydrogen (secondary N) is 2. The quantitative estimate of drug-likeness (QED) is 0.113. The van der Waals surface area contributed by atoms with Crippen molar-refractivity contribution in [2.24, 2.45) is 0 Å². The zero-order valence-electron chi connectivity index (χ0n) is 38.3. The minimum atomic E-state index is -0.363. The molecule has 0 fully saturated rings. The number of fused-ring (bicyclic) bond motifs is 2. The lowest BCUT2D eigenvalue weighted by Gasteiger charge is -2.37. The van der Waals surface area contributed by atoms with Gasteiger partial charge in [0.15, 0.2) is 34.5 Å². The Morgan fingerprint density at radius 1 is 0.727 bits per heavy atom. The first kappa shape index (κ1) is 44.2. The van der Waals surface area contributed by atoms with Crippen molar-refractivity contribution in [3.05, 3.63) is 136 Å². The molecule has 66 heavy (non-hydrogen) atoms. The molecular weight excluding hydrogens is 837 g/mol. The van der Waals surface area contributed by atoms with Crippen molar-refractivity contribution >= 4 is 17.4 Å². The molecular formula is C52H56N6O8. The maximum Gasteiger partial charge on any atom is 0.275 e. The first-order valence-electron chi connectivity index (χ1n) is 22.3. The molecule has 1 amide bonds. The molecule has 4 aliphatic heterocycles. The molecule has 0 unspecified atom stereocenters. The minimum absolute atomic E-state index is 0.0746. The van der Waals surface area contributed by atoms with E-state index in [1.54, 1.807) is 52.8 Å². The van der Waals surface area contributed by atoms with Crippen molar-refractivity contribution in [3.8, 4) is 51.7 Å². The second-order valence-corrected chi connectivity index (χ2v) is 16.8. The number of rotatable bonds is 12. The fourth-order valence-electron chi connectivity index (χ4n) is 9.13. The van der Waals surface area contributed by atoms with Crippen LogP contribution in [0.2, 0.25) is 0 Å². The molecule has 0 saturated heterocycles. The average Bonchev–Trinajstić information content (AvgIpc) is 3.34. The summed E-state index contributed by atoms with van der Waals surface area (Å²) in [6, 6.07) is 28.1. The van der Waals surface area contributed by atoms with E-state index in [0.717, 1.165) is 54.8 Å². The molecule has 5 heterocycles. The largest absolute Gasteiger partial charge is 0.497 e. The Morgan fingerprint density at radius 2 is 1.47 bits per heavy atom. The number of anilines is 2. The third-order valence-corrected chi connectivity index (χ3v) is 12.7. The van der Waals surface area contributed by atoms with Gasteiger partial charge in [-0.3, -0.25) is 14.6 Å². The van der Waals surface area contributed by atoms with Crippen LogP contribution in [0.25, 0.3) is 0 Å². The fraction of sp³-hybridized carbons (Fsp3) is 0.327. The zero-order chi connectivity index (χ0) is 45.7. The fourth-order valence-corrected chi connectivity index (χ4v) is 9.13. The third kappa shape index (κ3) is 9.38. The van der Waals surface area contributed by atoms with Crippen LogP contribution in [0.4, 0.5) is 11.5 Å². The molecule has 0 radical (unpaired) electrons. The van der Waals surface area contributed by atoms with Crippen molar-refractivity contribution in [2.45, 2.75) is 44.2 Å². The maximum atomic E-state index is 12.8. The van der Waals surface area contributed by atoms with E-state index < -0.39 is 0 Å². The summed E-state index contributed by atoms with van der Waals surface area (Å²) in [5.74, 6) is 5.92. The average molecular weight is 893 g/mol. The highest BCUT2D eigenvalue weighted by atomic mass is 16.5. The summed E-state index contributed by atoms with van der Waals surface area (Å²) in [6.45, 7) is 2.76. The predicted octanol–water partition coefficient (Wildman–Crippen LogP) is 9.09. The lowest BCUT2D eigenvalue weighted by atomic mass is 9.87. The molecule has 0 aliphatic carbocycles. The molecule has 10 rings (SSSR count). The Hall–Kier alpha value is -7.03. The number of amides is 1. The number of carbonyl (C=O) groups excluding carboxylic acids is 1. The molecule has 14 nitrogen and oxygen atoms in total. The molecule has 2 N–H and O–H groups in total. The highest BCUT2D eigenvalue weighted by molar-refractivity contribution is 6.02. The lowest BCUT2D eigenvalue weighted by Crippen LogP contribution is -2.34. The van der Waals surface area contributed by atoms with Crippen molar-refractivity contribution in [3.63, 3.8) is 0 Å². The molecule has 0 saturated carbocycles. The molecule has 0 spiro atoms. The van der Waals surface area contributed by atoms with Crippen LogP contribution in [-0.2, 0) is 25.7 Å². The van der Waals surface area contributed by atoms with E-state index in [2.05, 4.69) is 87.0 Å². The smallest absolute Gasteiger partial charge is 0.275 e. The van der Waals surface area contributed by atoms with E-state index in [1.807, 2.05) is 24.3 Å². The second-order valence-electron chi connectivity index (χ2n) is 16.8. The zero-order valence-corrected chi connectivity index (χ0v) is 38.3. The van der Waals surface area contributed by atoms with Crippen molar-refractivity contribution in [1.82, 2.24) is 19.8 Å². The standard InChI is InChI=1S/C52H56N6O8/c1-57-20-17-34-26-44(61-4)46-29-39(34)41(57)23-32-11-14-37(15-12-32)65-45-25-33(24-42-49-35(18-21-58(42)2)27-47(62-5)50(63-6)51(49)66-46)13-16-43(45)64-22-8-19-53-48-31-54-40(30-55-48)52(59)56-36-9-7-10-38(28-36)60-3/h7,9-16,25-31,41-42H,8,17-24H2,1-6H3,(H,53,55)(H,56,59)/t41-,42+/m0/s1. The first-order chi connectivity index (χ1) is 32.2. The van der Waals surface area contributed by atoms with Crippen LogP contribution in [0, 0.1) is 0 Å². The van der Waals surface area contributed by atoms with Crippen LogP contribution >= 0.6 is 0 Å². The summed E-state index contributed by atoms with van der Waals surface area (Å²) in [6.07, 6.45) is 6.85. The van der Waals surface area contributed by atoms with Gasteiger partial charge < -0.3 is 43.8 Å². The topological polar surface area (TPSA) is 138 Å². The van der Waals surface area contributed by atoms with E-state index in [-0.39, 0.29) is 23.7 Å². The monoisotopic (exact) mass is 892 g/mol. The molecule has 6 bridgehead atoms. The van der Waals surface area contributed by atoms with Gasteiger partial charge in [0.2, 0.25) is 5.75 Å². The Balaban J connectivity index is 0.978. The van der Waals surface area contributed by atoms with E-state index >= 15 is 0 Å². The number of carbonyl (C=O) groups is 1. The molecule has 1 aromatic heterocycles. The highest BCUT2D eigenvalue weighted by Crippen LogP contribution is 2.52. The summed E-state index contributed by atoms with van der Waals surface area (Å²) in [5, 5.41) is 6.11. The van der Waals surface area contributed by atoms with E-state index in [0.29, 0.717) is 83.5 Å². The van der Waals surface area contributed by atoms with Crippen molar-refractivity contribution in [1.29, 1.82) is 0 Å². The summed E-state index contributed by atoms with van der Waals surface area (Å²) < 4.78 is 43.6. The Morgan fingerprint density at radius 3 is 2.23 bits per heavy atom. The van der Waals surface area contributed by atoms with Gasteiger partial charge >= 0.3 is 0 Å². The minimum Gasteiger partial charge on any atom is -0.497 e. The maximum absolute atomic E-state index is 12.8. The number of likely N-dealkylation sites (N-methyl/N-ethyl adjacent to an activating group) is 2. The van der Waals surface area contributed by atoms with Crippen molar-refractivity contribution < 1.29 is 38.0 Å². The van der Waals surface area contributed by atoms with Gasteiger partial charge in [0, 0.05) is 49.0 Å². The predicted molar refractivity (Wildman–Crippen MR) is 253 cm³/mol. The molecule has 5 aromatic carbocycles. The van der Waals surface area contributed by atoms with Gasteiger partial charge in [-0.25, -0.2) is 9.97 Å². The number of benzene rings is 5. The summed E-state index contributed by atoms with van der Waals surface area (Å²) in [7, 11) is 11.0. The normalized spacial score (nSPS) is 16.6. The van der Waals surface area contributed by atoms with Crippen LogP contribution in [0.5, 0.6) is 51.7 Å². The number of hydrogen-bond acceptors (Lipinski definition) is 13. The van der Waals surface area contributed by atoms with E-state index in [9.17, 15) is 4.79 Å². The van der Waals surface area contributed by atoms with Gasteiger partial charge in [-0.05, 0) is 129 Å². The van der Waals surface area contributed by atoms with Gasteiger partial charge in [0.1, 0.15) is 23.0 Å². The van der Waals surface area contributed by atoms with Crippen LogP contribution < -0.4 is 43.8 Å². The summed E-state index contributed by atoms with van der Waals surface area (Å²) in [5.41, 5.74) is 7.74. The molecule has 2 atom stereocenters. The Kier molecular flexibility index (Phi) is 13.1. The molecule has 342 valence electrons. The van der Waals surface area contributed by atoms with Crippen LogP contribution in [0.3, 0.4) is 0 Å². The molecule has 6 aromatic rings. The van der Waals surface area contributed by atoms with Crippen LogP contribution in [0.1, 0.15) is 62.4 Å². The summed E-state index contributed by atoms with van der Waals surface area (Å²) in [4.78, 5) is 26.3. The number of ether oxygens (including phenoxy) is 7. The van der Waals surface area contributed by atoms with E-state index in [1.165, 1.54) is 22.9 Å². The van der Waals surface area contributed by atoms with Gasteiger partial charge in [-0.15, -0.1) is 0 Å². The summed E-state index contributed by atoms with van der Waals surface area (Å²) >= 11 is 0. The first-order valence-corrected chi connectivity index (χ1v) is 22.3. The number of methoxy groups -OCH3 is 4. The van der Waals surface area contributed by atoms with Gasteiger partial charge in [0.25, 0.3) is 5.91 Å². The third-order valence-electron chi connectivity index (χ3n) is 12.7. The number of nitrogens with zero attached hydrogens (tertiary/aromatic N) is 4. The Bertz CT molecular complexity index is 2690.